The first-order valence-electron chi connectivity index (χ1n) is 12.3. The van der Waals surface area contributed by atoms with Gasteiger partial charge in [0.15, 0.2) is 0 Å². The van der Waals surface area contributed by atoms with Gasteiger partial charge in [0.1, 0.15) is 11.9 Å². The second kappa shape index (κ2) is 10.3. The number of carbonyl (C=O) groups excluding carboxylic acids is 2. The van der Waals surface area contributed by atoms with Crippen molar-refractivity contribution in [1.82, 2.24) is 9.55 Å². The lowest BCUT2D eigenvalue weighted by Crippen LogP contribution is -2.44. The maximum absolute atomic E-state index is 13.1. The van der Waals surface area contributed by atoms with Crippen molar-refractivity contribution >= 4 is 17.8 Å². The van der Waals surface area contributed by atoms with Gasteiger partial charge >= 0.3 is 5.97 Å². The van der Waals surface area contributed by atoms with Crippen LogP contribution in [0.3, 0.4) is 0 Å². The Balaban J connectivity index is 1.83. The molecule has 2 aliphatic heterocycles. The van der Waals surface area contributed by atoms with E-state index in [9.17, 15) is 19.8 Å². The molecule has 0 aliphatic carbocycles. The summed E-state index contributed by atoms with van der Waals surface area (Å²) in [6.07, 6.45) is 6.09. The fraction of sp³-hybridized carbons (Fsp3) is 0.731. The molecule has 0 spiro atoms. The molecule has 0 bridgehead atoms. The van der Waals surface area contributed by atoms with Crippen LogP contribution in [0.4, 0.5) is 0 Å². The summed E-state index contributed by atoms with van der Waals surface area (Å²) in [6.45, 7) is 8.88. The van der Waals surface area contributed by atoms with Crippen LogP contribution in [-0.4, -0.2) is 61.5 Å². The van der Waals surface area contributed by atoms with E-state index in [1.165, 1.54) is 0 Å². The van der Waals surface area contributed by atoms with Crippen molar-refractivity contribution in [1.29, 1.82) is 0 Å². The molecule has 3 heterocycles. The van der Waals surface area contributed by atoms with Gasteiger partial charge in [0.2, 0.25) is 0 Å². The van der Waals surface area contributed by atoms with Crippen molar-refractivity contribution in [3.8, 4) is 0 Å². The van der Waals surface area contributed by atoms with E-state index in [1.54, 1.807) is 27.1 Å². The van der Waals surface area contributed by atoms with Crippen molar-refractivity contribution in [3.05, 3.63) is 23.8 Å². The average molecular weight is 477 g/mol. The molecule has 0 aromatic carbocycles. The molecule has 34 heavy (non-hydrogen) atoms. The van der Waals surface area contributed by atoms with Gasteiger partial charge in [-0.2, -0.15) is 0 Å². The van der Waals surface area contributed by atoms with Gasteiger partial charge in [0, 0.05) is 25.6 Å². The first kappa shape index (κ1) is 26.6. The van der Waals surface area contributed by atoms with E-state index in [2.05, 4.69) is 11.9 Å². The molecule has 1 aromatic rings. The smallest absolute Gasteiger partial charge is 0.309 e. The highest BCUT2D eigenvalue weighted by molar-refractivity contribution is 5.87. The molecular weight excluding hydrogens is 436 g/mol. The second-order valence-electron chi connectivity index (χ2n) is 10.9. The summed E-state index contributed by atoms with van der Waals surface area (Å²) in [6, 6.07) is 0. The molecule has 8 nitrogen and oxygen atoms in total. The normalized spacial score (nSPS) is 36.0. The first-order valence-corrected chi connectivity index (χ1v) is 12.3. The van der Waals surface area contributed by atoms with E-state index in [0.717, 1.165) is 30.5 Å². The maximum Gasteiger partial charge on any atom is 0.309 e. The van der Waals surface area contributed by atoms with Gasteiger partial charge in [-0.05, 0) is 38.3 Å². The zero-order valence-electron chi connectivity index (χ0n) is 21.3. The van der Waals surface area contributed by atoms with Crippen LogP contribution in [-0.2, 0) is 26.1 Å². The van der Waals surface area contributed by atoms with Gasteiger partial charge < -0.3 is 24.3 Å². The molecule has 0 radical (unpaired) electrons. The number of hydrogen-bond acceptors (Lipinski definition) is 7. The molecule has 0 unspecified atom stereocenters. The number of fused-ring (bicyclic) bond motifs is 1. The third kappa shape index (κ3) is 6.15. The van der Waals surface area contributed by atoms with Crippen LogP contribution < -0.4 is 0 Å². The second-order valence-corrected chi connectivity index (χ2v) is 10.9. The Labute approximate surface area is 202 Å². The number of cyclic esters (lactones) is 1. The third-order valence-corrected chi connectivity index (χ3v) is 7.59. The van der Waals surface area contributed by atoms with E-state index in [-0.39, 0.29) is 23.9 Å². The third-order valence-electron chi connectivity index (χ3n) is 7.59. The monoisotopic (exact) mass is 476 g/mol. The van der Waals surface area contributed by atoms with E-state index >= 15 is 0 Å². The Kier molecular flexibility index (Phi) is 8.05. The summed E-state index contributed by atoms with van der Waals surface area (Å²) in [5, 5.41) is 21.4. The quantitative estimate of drug-likeness (QED) is 0.498. The number of aliphatic hydroxyl groups is 2. The number of Topliss-reactive ketones (excluding diaryl/α,β-unsaturated/α-hetero) is 1. The molecule has 0 saturated carbocycles. The summed E-state index contributed by atoms with van der Waals surface area (Å²) < 4.78 is 13.7. The van der Waals surface area contributed by atoms with Crippen molar-refractivity contribution in [2.24, 2.45) is 18.4 Å². The molecule has 8 heteroatoms. The number of epoxide rings is 1. The topological polar surface area (TPSA) is 114 Å². The molecule has 190 valence electrons. The summed E-state index contributed by atoms with van der Waals surface area (Å²) in [7, 11) is 1.89. The SMILES string of the molecule is C/C(=C\c1cn(C)cn1)[C@@H]1C[C@@H]2O[C@]2(C)CCCC[C@H](O)[C@@H](C)C(=O)C(C)(C)[C@@H](O)CC(=O)O1. The number of aromatic nitrogens is 2. The fourth-order valence-corrected chi connectivity index (χ4v) is 4.79. The number of esters is 1. The predicted octanol–water partition coefficient (Wildman–Crippen LogP) is 3.20. The van der Waals surface area contributed by atoms with Gasteiger partial charge in [-0.1, -0.05) is 33.6 Å². The maximum atomic E-state index is 13.1. The summed E-state index contributed by atoms with van der Waals surface area (Å²) in [4.78, 5) is 30.3. The zero-order valence-corrected chi connectivity index (χ0v) is 21.3. The highest BCUT2D eigenvalue weighted by Crippen LogP contribution is 2.44. The fourth-order valence-electron chi connectivity index (χ4n) is 4.79. The van der Waals surface area contributed by atoms with Crippen LogP contribution in [0.15, 0.2) is 18.1 Å². The number of imidazole rings is 1. The Morgan fingerprint density at radius 2 is 1.94 bits per heavy atom. The van der Waals surface area contributed by atoms with E-state index < -0.39 is 35.6 Å². The van der Waals surface area contributed by atoms with Crippen LogP contribution in [0, 0.1) is 11.3 Å². The molecule has 2 N–H and O–H groups in total. The van der Waals surface area contributed by atoms with E-state index in [0.29, 0.717) is 12.8 Å². The number of nitrogens with zero attached hydrogens (tertiary/aromatic N) is 2. The molecule has 2 saturated heterocycles. The van der Waals surface area contributed by atoms with Gasteiger partial charge in [0.05, 0.1) is 47.8 Å². The van der Waals surface area contributed by atoms with Crippen LogP contribution in [0.5, 0.6) is 0 Å². The lowest BCUT2D eigenvalue weighted by Gasteiger charge is -2.33. The molecule has 3 rings (SSSR count). The molecule has 6 atom stereocenters. The molecular formula is C26H40N2O6. The Hall–Kier alpha value is -2.03. The lowest BCUT2D eigenvalue weighted by molar-refractivity contribution is -0.154. The zero-order chi connectivity index (χ0) is 25.3. The summed E-state index contributed by atoms with van der Waals surface area (Å²) >= 11 is 0. The first-order chi connectivity index (χ1) is 15.8. The molecule has 0 amide bonds. The Bertz CT molecular complexity index is 922. The van der Waals surface area contributed by atoms with Gasteiger partial charge in [0.25, 0.3) is 0 Å². The minimum absolute atomic E-state index is 0.0444. The number of hydrogen-bond donors (Lipinski definition) is 2. The molecule has 2 fully saturated rings. The Morgan fingerprint density at radius 3 is 2.59 bits per heavy atom. The summed E-state index contributed by atoms with van der Waals surface area (Å²) in [5.41, 5.74) is 0.124. The average Bonchev–Trinajstić information content (AvgIpc) is 3.21. The van der Waals surface area contributed by atoms with Gasteiger partial charge in [-0.25, -0.2) is 4.98 Å². The van der Waals surface area contributed by atoms with E-state index in [1.807, 2.05) is 30.8 Å². The lowest BCUT2D eigenvalue weighted by atomic mass is 9.74. The van der Waals surface area contributed by atoms with Crippen molar-refractivity contribution < 1.29 is 29.3 Å². The van der Waals surface area contributed by atoms with Crippen LogP contribution in [0.1, 0.15) is 78.8 Å². The standard InChI is InChI=1S/C26H40N2O6/c1-16(11-18-14-28(6)15-27-18)20-12-22-26(5,34-22)10-8-7-9-19(29)17(2)24(32)25(3,4)21(30)13-23(31)33-20/h11,14-15,17,19-22,29-30H,7-10,12-13H2,1-6H3/b16-11+/t17-,19+,20+,21+,22+,26-/m1/s1. The number of aliphatic hydroxyl groups excluding tert-OH is 2. The molecule has 1 aromatic heterocycles. The molecule has 2 aliphatic rings. The highest BCUT2D eigenvalue weighted by Gasteiger charge is 2.52. The number of ketones is 1. The van der Waals surface area contributed by atoms with Crippen LogP contribution in [0.25, 0.3) is 6.08 Å². The number of aryl methyl sites for hydroxylation is 1. The minimum atomic E-state index is -1.22. The van der Waals surface area contributed by atoms with Crippen LogP contribution >= 0.6 is 0 Å². The minimum Gasteiger partial charge on any atom is -0.458 e. The largest absolute Gasteiger partial charge is 0.458 e. The number of rotatable bonds is 2. The van der Waals surface area contributed by atoms with Crippen LogP contribution in [0.2, 0.25) is 0 Å². The number of carbonyl (C=O) groups is 2. The Morgan fingerprint density at radius 1 is 1.24 bits per heavy atom. The highest BCUT2D eigenvalue weighted by atomic mass is 16.6. The van der Waals surface area contributed by atoms with Crippen molar-refractivity contribution in [2.75, 3.05) is 0 Å². The van der Waals surface area contributed by atoms with Crippen molar-refractivity contribution in [3.63, 3.8) is 0 Å². The van der Waals surface area contributed by atoms with E-state index in [4.69, 9.17) is 9.47 Å². The summed E-state index contributed by atoms with van der Waals surface area (Å²) in [5.74, 6) is -1.46. The van der Waals surface area contributed by atoms with Gasteiger partial charge in [-0.3, -0.25) is 9.59 Å². The predicted molar refractivity (Wildman–Crippen MR) is 128 cm³/mol. The number of ether oxygens (including phenoxy) is 2. The van der Waals surface area contributed by atoms with Gasteiger partial charge in [-0.15, -0.1) is 0 Å². The van der Waals surface area contributed by atoms with Crippen molar-refractivity contribution in [2.45, 2.75) is 103 Å².